The van der Waals surface area contributed by atoms with Crippen molar-refractivity contribution >= 4 is 23.3 Å². The first-order valence-corrected chi connectivity index (χ1v) is 8.39. The third-order valence-corrected chi connectivity index (χ3v) is 4.62. The topological polar surface area (TPSA) is 61.6 Å². The van der Waals surface area contributed by atoms with E-state index in [9.17, 15) is 5.26 Å². The van der Waals surface area contributed by atoms with E-state index in [0.717, 1.165) is 35.2 Å². The van der Waals surface area contributed by atoms with Gasteiger partial charge in [-0.15, -0.1) is 0 Å². The summed E-state index contributed by atoms with van der Waals surface area (Å²) in [5.41, 5.74) is -0.426. The van der Waals surface area contributed by atoms with Crippen LogP contribution in [0, 0.1) is 11.3 Å². The minimum atomic E-state index is -0.426. The van der Waals surface area contributed by atoms with Crippen molar-refractivity contribution < 1.29 is 0 Å². The number of hydrogen-bond donors (Lipinski definition) is 1. The number of hydrogen-bond acceptors (Lipinski definition) is 6. The lowest BCUT2D eigenvalue weighted by atomic mass is 9.97. The standard InChI is InChI=1S/C13H22N4S2/c1-5-11-15-12(19-17-11)18-8-6-7-13(4,9-14)16-10(2)3/h10,16H,5-8H2,1-4H3. The number of aromatic nitrogens is 2. The molecule has 0 amide bonds. The summed E-state index contributed by atoms with van der Waals surface area (Å²) in [5, 5.41) is 12.6. The van der Waals surface area contributed by atoms with Crippen molar-refractivity contribution in [3.8, 4) is 6.07 Å². The Kier molecular flexibility index (Phi) is 6.76. The van der Waals surface area contributed by atoms with Gasteiger partial charge in [-0.25, -0.2) is 4.98 Å². The third kappa shape index (κ3) is 5.89. The highest BCUT2D eigenvalue weighted by atomic mass is 32.2. The predicted octanol–water partition coefficient (Wildman–Crippen LogP) is 3.25. The molecule has 0 spiro atoms. The smallest absolute Gasteiger partial charge is 0.170 e. The Hall–Kier alpha value is -0.640. The third-order valence-electron chi connectivity index (χ3n) is 2.67. The Balaban J connectivity index is 2.31. The maximum absolute atomic E-state index is 9.25. The molecule has 4 nitrogen and oxygen atoms in total. The van der Waals surface area contributed by atoms with Gasteiger partial charge in [0.2, 0.25) is 0 Å². The van der Waals surface area contributed by atoms with E-state index in [1.807, 2.05) is 6.92 Å². The van der Waals surface area contributed by atoms with Crippen molar-refractivity contribution in [2.75, 3.05) is 5.75 Å². The molecule has 106 valence electrons. The molecule has 6 heteroatoms. The zero-order valence-electron chi connectivity index (χ0n) is 12.1. The van der Waals surface area contributed by atoms with Crippen LogP contribution in [0.4, 0.5) is 0 Å². The number of nitrogens with one attached hydrogen (secondary N) is 1. The van der Waals surface area contributed by atoms with Gasteiger partial charge in [0.25, 0.3) is 0 Å². The molecular formula is C13H22N4S2. The van der Waals surface area contributed by atoms with Gasteiger partial charge in [-0.3, -0.25) is 5.32 Å². The van der Waals surface area contributed by atoms with Crippen molar-refractivity contribution in [1.29, 1.82) is 5.26 Å². The summed E-state index contributed by atoms with van der Waals surface area (Å²) in [6.07, 6.45) is 2.74. The molecule has 1 aromatic heterocycles. The average Bonchev–Trinajstić information content (AvgIpc) is 2.82. The molecule has 0 saturated heterocycles. The number of rotatable bonds is 8. The molecule has 1 unspecified atom stereocenters. The first kappa shape index (κ1) is 16.4. The van der Waals surface area contributed by atoms with E-state index in [1.54, 1.807) is 11.8 Å². The lowest BCUT2D eigenvalue weighted by Crippen LogP contribution is -2.44. The summed E-state index contributed by atoms with van der Waals surface area (Å²) in [6, 6.07) is 2.70. The maximum Gasteiger partial charge on any atom is 0.170 e. The normalized spacial score (nSPS) is 14.3. The zero-order valence-corrected chi connectivity index (χ0v) is 13.7. The largest absolute Gasteiger partial charge is 0.297 e. The SMILES string of the molecule is CCc1nsc(SCCCC(C)(C#N)NC(C)C)n1. The molecule has 0 aliphatic rings. The van der Waals surface area contributed by atoms with E-state index in [1.165, 1.54) is 11.5 Å². The van der Waals surface area contributed by atoms with Gasteiger partial charge < -0.3 is 0 Å². The molecule has 0 aliphatic carbocycles. The first-order valence-electron chi connectivity index (χ1n) is 6.63. The number of nitriles is 1. The minimum Gasteiger partial charge on any atom is -0.297 e. The molecule has 0 aliphatic heterocycles. The van der Waals surface area contributed by atoms with E-state index in [-0.39, 0.29) is 0 Å². The van der Waals surface area contributed by atoms with Gasteiger partial charge in [0.1, 0.15) is 11.4 Å². The summed E-state index contributed by atoms with van der Waals surface area (Å²) in [6.45, 7) is 8.17. The highest BCUT2D eigenvalue weighted by molar-refractivity contribution is 8.00. The van der Waals surface area contributed by atoms with Crippen LogP contribution in [-0.4, -0.2) is 26.7 Å². The lowest BCUT2D eigenvalue weighted by molar-refractivity contribution is 0.380. The van der Waals surface area contributed by atoms with Crippen LogP contribution in [0.5, 0.6) is 0 Å². The van der Waals surface area contributed by atoms with E-state index in [0.29, 0.717) is 6.04 Å². The van der Waals surface area contributed by atoms with Gasteiger partial charge in [0, 0.05) is 18.2 Å². The highest BCUT2D eigenvalue weighted by Gasteiger charge is 2.23. The van der Waals surface area contributed by atoms with Gasteiger partial charge in [-0.2, -0.15) is 9.64 Å². The van der Waals surface area contributed by atoms with Crippen molar-refractivity contribution in [2.45, 2.75) is 62.9 Å². The van der Waals surface area contributed by atoms with Gasteiger partial charge in [0.15, 0.2) is 4.34 Å². The monoisotopic (exact) mass is 298 g/mol. The summed E-state index contributed by atoms with van der Waals surface area (Å²) in [5.74, 6) is 1.91. The minimum absolute atomic E-state index is 0.326. The van der Waals surface area contributed by atoms with Crippen LogP contribution in [0.15, 0.2) is 4.34 Å². The molecule has 0 bridgehead atoms. The molecule has 19 heavy (non-hydrogen) atoms. The van der Waals surface area contributed by atoms with Crippen molar-refractivity contribution in [3.05, 3.63) is 5.82 Å². The molecule has 1 rings (SSSR count). The second-order valence-corrected chi connectivity index (χ2v) is 7.12. The Morgan fingerprint density at radius 3 is 2.79 bits per heavy atom. The molecule has 1 N–H and O–H groups in total. The van der Waals surface area contributed by atoms with Crippen LogP contribution in [0.1, 0.15) is 46.4 Å². The Morgan fingerprint density at radius 2 is 2.26 bits per heavy atom. The molecule has 0 saturated carbocycles. The Morgan fingerprint density at radius 1 is 1.53 bits per heavy atom. The molecule has 1 atom stereocenters. The van der Waals surface area contributed by atoms with E-state index in [4.69, 9.17) is 0 Å². The summed E-state index contributed by atoms with van der Waals surface area (Å²) >= 11 is 3.20. The van der Waals surface area contributed by atoms with Crippen LogP contribution in [-0.2, 0) is 6.42 Å². The average molecular weight is 298 g/mol. The second-order valence-electron chi connectivity index (χ2n) is 5.03. The lowest BCUT2D eigenvalue weighted by Gasteiger charge is -2.25. The summed E-state index contributed by atoms with van der Waals surface area (Å²) < 4.78 is 5.30. The van der Waals surface area contributed by atoms with Crippen LogP contribution < -0.4 is 5.32 Å². The second kappa shape index (κ2) is 7.83. The van der Waals surface area contributed by atoms with Crippen molar-refractivity contribution in [1.82, 2.24) is 14.7 Å². The fourth-order valence-corrected chi connectivity index (χ4v) is 3.53. The van der Waals surface area contributed by atoms with Crippen LogP contribution in [0.2, 0.25) is 0 Å². The highest BCUT2D eigenvalue weighted by Crippen LogP contribution is 2.23. The quantitative estimate of drug-likeness (QED) is 0.589. The summed E-state index contributed by atoms with van der Waals surface area (Å²) in [7, 11) is 0. The van der Waals surface area contributed by atoms with E-state index < -0.39 is 5.54 Å². The molecule has 0 aromatic carbocycles. The summed E-state index contributed by atoms with van der Waals surface area (Å²) in [4.78, 5) is 4.42. The van der Waals surface area contributed by atoms with Gasteiger partial charge in [-0.1, -0.05) is 18.7 Å². The van der Waals surface area contributed by atoms with Gasteiger partial charge >= 0.3 is 0 Å². The fourth-order valence-electron chi connectivity index (χ4n) is 1.82. The number of nitrogens with zero attached hydrogens (tertiary/aromatic N) is 3. The predicted molar refractivity (Wildman–Crippen MR) is 81.5 cm³/mol. The molecule has 1 heterocycles. The first-order chi connectivity index (χ1) is 8.99. The fraction of sp³-hybridized carbons (Fsp3) is 0.769. The molecule has 1 aromatic rings. The van der Waals surface area contributed by atoms with Gasteiger partial charge in [-0.05, 0) is 45.1 Å². The van der Waals surface area contributed by atoms with Crippen LogP contribution in [0.3, 0.4) is 0 Å². The van der Waals surface area contributed by atoms with E-state index >= 15 is 0 Å². The Labute approximate surface area is 124 Å². The van der Waals surface area contributed by atoms with Crippen molar-refractivity contribution in [3.63, 3.8) is 0 Å². The van der Waals surface area contributed by atoms with Gasteiger partial charge in [0.05, 0.1) is 6.07 Å². The molecular weight excluding hydrogens is 276 g/mol. The van der Waals surface area contributed by atoms with Crippen LogP contribution in [0.25, 0.3) is 0 Å². The van der Waals surface area contributed by atoms with E-state index in [2.05, 4.69) is 41.5 Å². The van der Waals surface area contributed by atoms with Crippen LogP contribution >= 0.6 is 23.3 Å². The zero-order chi connectivity index (χ0) is 14.3. The number of aryl methyl sites for hydroxylation is 1. The van der Waals surface area contributed by atoms with Crippen molar-refractivity contribution in [2.24, 2.45) is 0 Å². The maximum atomic E-state index is 9.25. The number of thioether (sulfide) groups is 1. The molecule has 0 fully saturated rings. The Bertz CT molecular complexity index is 425. The molecule has 0 radical (unpaired) electrons.